The van der Waals surface area contributed by atoms with Gasteiger partial charge in [0.05, 0.1) is 18.8 Å². The van der Waals surface area contributed by atoms with Gasteiger partial charge in [-0.15, -0.1) is 0 Å². The highest BCUT2D eigenvalue weighted by Gasteiger charge is 2.39. The maximum absolute atomic E-state index is 13.0. The molecule has 3 rings (SSSR count). The Morgan fingerprint density at radius 1 is 1.24 bits per heavy atom. The first-order valence-electron chi connectivity index (χ1n) is 10.7. The van der Waals surface area contributed by atoms with Crippen LogP contribution in [0.5, 0.6) is 0 Å². The van der Waals surface area contributed by atoms with Gasteiger partial charge in [-0.3, -0.25) is 19.1 Å². The van der Waals surface area contributed by atoms with Gasteiger partial charge in [0.1, 0.15) is 17.3 Å². The highest BCUT2D eigenvalue weighted by molar-refractivity contribution is 6.29. The molecule has 11 heteroatoms. The number of amides is 1. The Kier molecular flexibility index (Phi) is 7.57. The van der Waals surface area contributed by atoms with E-state index in [1.54, 1.807) is 44.9 Å². The molecule has 0 bridgehead atoms. The molecule has 0 spiro atoms. The second kappa shape index (κ2) is 10.2. The van der Waals surface area contributed by atoms with Crippen molar-refractivity contribution in [1.82, 2.24) is 19.4 Å². The first-order chi connectivity index (χ1) is 15.6. The van der Waals surface area contributed by atoms with Crippen molar-refractivity contribution in [1.29, 1.82) is 0 Å². The molecular formula is C22H28ClN5O5. The van der Waals surface area contributed by atoms with Gasteiger partial charge in [0, 0.05) is 30.9 Å². The van der Waals surface area contributed by atoms with Crippen LogP contribution < -0.4 is 10.9 Å². The number of hydrogen-bond donors (Lipinski definition) is 1. The summed E-state index contributed by atoms with van der Waals surface area (Å²) < 4.78 is 11.5. The van der Waals surface area contributed by atoms with Gasteiger partial charge in [0.15, 0.2) is 5.82 Å². The zero-order valence-corrected chi connectivity index (χ0v) is 19.8. The van der Waals surface area contributed by atoms with Crippen molar-refractivity contribution >= 4 is 29.5 Å². The maximum Gasteiger partial charge on any atom is 0.410 e. The average Bonchev–Trinajstić information content (AvgIpc) is 3.17. The number of ether oxygens (including phenoxy) is 2. The molecule has 1 aliphatic rings. The number of anilines is 1. The molecule has 1 fully saturated rings. The van der Waals surface area contributed by atoms with Crippen LogP contribution in [-0.2, 0) is 20.8 Å². The van der Waals surface area contributed by atoms with Crippen LogP contribution in [0.1, 0.15) is 39.3 Å². The number of esters is 1. The summed E-state index contributed by atoms with van der Waals surface area (Å²) in [5.41, 5.74) is -0.435. The molecule has 2 atom stereocenters. The number of nitrogens with zero attached hydrogens (tertiary/aromatic N) is 4. The van der Waals surface area contributed by atoms with E-state index in [9.17, 15) is 14.4 Å². The van der Waals surface area contributed by atoms with Crippen molar-refractivity contribution < 1.29 is 19.1 Å². The maximum atomic E-state index is 13.0. The number of nitrogens with one attached hydrogen (secondary N) is 1. The second-order valence-electron chi connectivity index (χ2n) is 8.62. The lowest BCUT2D eigenvalue weighted by molar-refractivity contribution is -0.143. The molecule has 0 unspecified atom stereocenters. The third kappa shape index (κ3) is 6.22. The molecule has 1 N–H and O–H groups in total. The summed E-state index contributed by atoms with van der Waals surface area (Å²) >= 11 is 6.10. The molecular weight excluding hydrogens is 450 g/mol. The number of likely N-dealkylation sites (tertiary alicyclic amines) is 1. The third-order valence-electron chi connectivity index (χ3n) is 4.96. The lowest BCUT2D eigenvalue weighted by atomic mass is 9.99. The summed E-state index contributed by atoms with van der Waals surface area (Å²) in [4.78, 5) is 47.7. The minimum Gasteiger partial charge on any atom is -0.465 e. The number of carbonyl (C=O) groups excluding carboxylic acids is 2. The van der Waals surface area contributed by atoms with Crippen LogP contribution >= 0.6 is 11.6 Å². The van der Waals surface area contributed by atoms with E-state index in [2.05, 4.69) is 15.3 Å². The first kappa shape index (κ1) is 24.5. The molecule has 1 aliphatic heterocycles. The molecule has 0 radical (unpaired) electrons. The van der Waals surface area contributed by atoms with Crippen molar-refractivity contribution in [3.63, 3.8) is 0 Å². The van der Waals surface area contributed by atoms with E-state index in [1.165, 1.54) is 6.20 Å². The minimum atomic E-state index is -0.637. The van der Waals surface area contributed by atoms with Gasteiger partial charge in [-0.05, 0) is 39.8 Å². The van der Waals surface area contributed by atoms with Crippen LogP contribution in [-0.4, -0.2) is 62.8 Å². The number of pyridine rings is 1. The molecule has 0 aliphatic carbocycles. The number of halogens is 1. The van der Waals surface area contributed by atoms with Crippen molar-refractivity contribution in [3.8, 4) is 0 Å². The molecule has 1 amide bonds. The Hall–Kier alpha value is -3.14. The minimum absolute atomic E-state index is 0.0145. The van der Waals surface area contributed by atoms with E-state index >= 15 is 0 Å². The topological polar surface area (TPSA) is 116 Å². The van der Waals surface area contributed by atoms with E-state index in [0.29, 0.717) is 6.54 Å². The molecule has 10 nitrogen and oxygen atoms in total. The summed E-state index contributed by atoms with van der Waals surface area (Å²) in [5.74, 6) is -0.781. The van der Waals surface area contributed by atoms with Gasteiger partial charge < -0.3 is 19.7 Å². The van der Waals surface area contributed by atoms with Crippen LogP contribution in [0.15, 0.2) is 35.4 Å². The van der Waals surface area contributed by atoms with E-state index in [-0.39, 0.29) is 42.6 Å². The molecule has 33 heavy (non-hydrogen) atoms. The van der Waals surface area contributed by atoms with Gasteiger partial charge in [-0.1, -0.05) is 17.7 Å². The molecule has 1 saturated heterocycles. The SMILES string of the molecule is CCOC(=O)Cn1c(Cl)cnc(N[C@@H]2CN(C(=O)OC(C)(C)C)C[C@H]2c2ccccn2)c1=O. The fourth-order valence-electron chi connectivity index (χ4n) is 3.55. The number of carbonyl (C=O) groups is 2. The van der Waals surface area contributed by atoms with Crippen LogP contribution in [0.4, 0.5) is 10.6 Å². The quantitative estimate of drug-likeness (QED) is 0.631. The Morgan fingerprint density at radius 3 is 2.64 bits per heavy atom. The highest BCUT2D eigenvalue weighted by Crippen LogP contribution is 2.29. The van der Waals surface area contributed by atoms with Crippen molar-refractivity contribution in [2.24, 2.45) is 0 Å². The first-order valence-corrected chi connectivity index (χ1v) is 11.0. The summed E-state index contributed by atoms with van der Waals surface area (Å²) in [5, 5.41) is 3.15. The van der Waals surface area contributed by atoms with Crippen LogP contribution in [0.25, 0.3) is 0 Å². The Labute approximate surface area is 196 Å². The van der Waals surface area contributed by atoms with Crippen LogP contribution in [0.3, 0.4) is 0 Å². The number of hydrogen-bond acceptors (Lipinski definition) is 8. The van der Waals surface area contributed by atoms with E-state index in [1.807, 2.05) is 12.1 Å². The third-order valence-corrected chi connectivity index (χ3v) is 5.26. The summed E-state index contributed by atoms with van der Waals surface area (Å²) in [6.45, 7) is 7.57. The van der Waals surface area contributed by atoms with Crippen molar-refractivity contribution in [3.05, 3.63) is 51.8 Å². The average molecular weight is 478 g/mol. The molecule has 3 heterocycles. The number of rotatable bonds is 6. The van der Waals surface area contributed by atoms with Gasteiger partial charge in [-0.2, -0.15) is 0 Å². The van der Waals surface area contributed by atoms with Crippen molar-refractivity contribution in [2.75, 3.05) is 25.0 Å². The van der Waals surface area contributed by atoms with Gasteiger partial charge in [0.2, 0.25) is 0 Å². The Morgan fingerprint density at radius 2 is 2.00 bits per heavy atom. The normalized spacial score (nSPS) is 18.2. The molecule has 2 aromatic heterocycles. The van der Waals surface area contributed by atoms with E-state index in [0.717, 1.165) is 10.3 Å². The summed E-state index contributed by atoms with van der Waals surface area (Å²) in [6, 6.07) is 5.17. The largest absolute Gasteiger partial charge is 0.465 e. The lowest BCUT2D eigenvalue weighted by Gasteiger charge is -2.24. The molecule has 178 valence electrons. The van der Waals surface area contributed by atoms with E-state index in [4.69, 9.17) is 21.1 Å². The predicted molar refractivity (Wildman–Crippen MR) is 122 cm³/mol. The van der Waals surface area contributed by atoms with Gasteiger partial charge in [-0.25, -0.2) is 9.78 Å². The van der Waals surface area contributed by atoms with Crippen molar-refractivity contribution in [2.45, 2.75) is 51.8 Å². The summed E-state index contributed by atoms with van der Waals surface area (Å²) in [7, 11) is 0. The fourth-order valence-corrected chi connectivity index (χ4v) is 3.73. The molecule has 2 aromatic rings. The fraction of sp³-hybridized carbons (Fsp3) is 0.500. The molecule has 0 aromatic carbocycles. The summed E-state index contributed by atoms with van der Waals surface area (Å²) in [6.07, 6.45) is 2.52. The number of aromatic nitrogens is 3. The van der Waals surface area contributed by atoms with E-state index < -0.39 is 23.2 Å². The smallest absolute Gasteiger partial charge is 0.410 e. The lowest BCUT2D eigenvalue weighted by Crippen LogP contribution is -2.37. The molecule has 0 saturated carbocycles. The van der Waals surface area contributed by atoms with Crippen LogP contribution in [0.2, 0.25) is 5.15 Å². The Balaban J connectivity index is 1.87. The van der Waals surface area contributed by atoms with Gasteiger partial charge >= 0.3 is 12.1 Å². The zero-order valence-electron chi connectivity index (χ0n) is 19.1. The van der Waals surface area contributed by atoms with Crippen LogP contribution in [0, 0.1) is 0 Å². The highest BCUT2D eigenvalue weighted by atomic mass is 35.5. The standard InChI is InChI=1S/C22H28ClN5O5/c1-5-32-18(29)13-28-17(23)10-25-19(20(28)30)26-16-12-27(21(31)33-22(2,3)4)11-14(16)15-8-6-7-9-24-15/h6-10,14,16H,5,11-13H2,1-4H3,(H,25,26)/t14-,16+/m0/s1. The Bertz CT molecular complexity index is 1050. The second-order valence-corrected chi connectivity index (χ2v) is 9.01. The monoisotopic (exact) mass is 477 g/mol. The van der Waals surface area contributed by atoms with Gasteiger partial charge in [0.25, 0.3) is 5.56 Å². The predicted octanol–water partition coefficient (Wildman–Crippen LogP) is 2.67. The zero-order chi connectivity index (χ0) is 24.2.